The molecule has 0 saturated carbocycles. The number of hydrogen-bond acceptors (Lipinski definition) is 8. The summed E-state index contributed by atoms with van der Waals surface area (Å²) in [5, 5.41) is 7.68. The van der Waals surface area contributed by atoms with E-state index in [-0.39, 0.29) is 17.4 Å². The number of ether oxygens (including phenoxy) is 1. The molecule has 2 amide bonds. The largest absolute Gasteiger partial charge is 0.481 e. The average Bonchev–Trinajstić information content (AvgIpc) is 3.79. The maximum Gasteiger partial charge on any atom is 0.262 e. The quantitative estimate of drug-likeness (QED) is 0.136. The minimum Gasteiger partial charge on any atom is -0.481 e. The van der Waals surface area contributed by atoms with E-state index in [0.29, 0.717) is 84.9 Å². The Morgan fingerprint density at radius 2 is 1.36 bits per heavy atom. The molecule has 5 aromatic rings. The standard InChI is InChI=1S/C40H41Cl2N7O4/c1-53-39-27(23-43-15-20-47-17-4-10-35(47)50)12-13-33(46-39)32-9-3-8-31(38(32)42)30-7-2-6-29(37(30)41)26-14-19-49-34(22-26)45-25-28(40(49)52)24-44-16-21-48-18-5-11-36(48)51/h2-3,6-9,12-14,19,22,25,43-44H,4-5,10-11,15-18,20-21,23-24H2,1H3. The number of nitrogens with one attached hydrogen (secondary N) is 2. The third-order valence-electron chi connectivity index (χ3n) is 9.88. The lowest BCUT2D eigenvalue weighted by Crippen LogP contribution is -2.33. The average molecular weight is 755 g/mol. The van der Waals surface area contributed by atoms with E-state index >= 15 is 0 Å². The highest BCUT2D eigenvalue weighted by Gasteiger charge is 2.21. The Hall–Kier alpha value is -4.81. The molecule has 0 atom stereocenters. The molecule has 0 aliphatic carbocycles. The Bertz CT molecular complexity index is 2230. The number of hydrogen-bond donors (Lipinski definition) is 2. The van der Waals surface area contributed by atoms with Gasteiger partial charge in [0.25, 0.3) is 5.56 Å². The van der Waals surface area contributed by atoms with Gasteiger partial charge in [0.05, 0.1) is 22.8 Å². The molecule has 0 bridgehead atoms. The molecule has 2 saturated heterocycles. The summed E-state index contributed by atoms with van der Waals surface area (Å²) in [6.45, 7) is 5.12. The van der Waals surface area contributed by atoms with Crippen LogP contribution in [0, 0.1) is 0 Å². The first kappa shape index (κ1) is 36.5. The van der Waals surface area contributed by atoms with E-state index in [2.05, 4.69) is 15.6 Å². The molecule has 53 heavy (non-hydrogen) atoms. The number of carbonyl (C=O) groups is 2. The van der Waals surface area contributed by atoms with Crippen molar-refractivity contribution >= 4 is 40.7 Å². The number of benzene rings is 2. The number of amides is 2. The Kier molecular flexibility index (Phi) is 11.4. The number of halogens is 2. The number of fused-ring (bicyclic) bond motifs is 1. The summed E-state index contributed by atoms with van der Waals surface area (Å²) < 4.78 is 7.19. The van der Waals surface area contributed by atoms with E-state index in [1.807, 2.05) is 70.5 Å². The third kappa shape index (κ3) is 7.94. The van der Waals surface area contributed by atoms with Crippen molar-refractivity contribution in [2.75, 3.05) is 46.4 Å². The van der Waals surface area contributed by atoms with E-state index in [1.54, 1.807) is 19.5 Å². The molecule has 2 fully saturated rings. The molecule has 0 unspecified atom stereocenters. The van der Waals surface area contributed by atoms with Gasteiger partial charge in [-0.1, -0.05) is 65.7 Å². The summed E-state index contributed by atoms with van der Waals surface area (Å²) in [7, 11) is 1.60. The third-order valence-corrected chi connectivity index (χ3v) is 10.7. The zero-order chi connectivity index (χ0) is 36.9. The van der Waals surface area contributed by atoms with Crippen molar-refractivity contribution < 1.29 is 14.3 Å². The van der Waals surface area contributed by atoms with Crippen LogP contribution in [0.5, 0.6) is 5.88 Å². The van der Waals surface area contributed by atoms with Gasteiger partial charge in [0.1, 0.15) is 5.65 Å². The Morgan fingerprint density at radius 3 is 1.98 bits per heavy atom. The van der Waals surface area contributed by atoms with Gasteiger partial charge in [-0.05, 0) is 36.6 Å². The van der Waals surface area contributed by atoms with Crippen molar-refractivity contribution in [3.63, 3.8) is 0 Å². The topological polar surface area (TPSA) is 121 Å². The maximum atomic E-state index is 13.3. The van der Waals surface area contributed by atoms with E-state index in [4.69, 9.17) is 32.9 Å². The zero-order valence-corrected chi connectivity index (χ0v) is 31.1. The van der Waals surface area contributed by atoms with Crippen LogP contribution in [0.3, 0.4) is 0 Å². The highest BCUT2D eigenvalue weighted by molar-refractivity contribution is 6.39. The fourth-order valence-corrected chi connectivity index (χ4v) is 7.65. The minimum atomic E-state index is -0.153. The van der Waals surface area contributed by atoms with Crippen LogP contribution in [0.4, 0.5) is 0 Å². The van der Waals surface area contributed by atoms with Crippen LogP contribution in [0.15, 0.2) is 77.9 Å². The lowest BCUT2D eigenvalue weighted by molar-refractivity contribution is -0.128. The van der Waals surface area contributed by atoms with Crippen LogP contribution in [0.2, 0.25) is 10.0 Å². The maximum absolute atomic E-state index is 13.3. The van der Waals surface area contributed by atoms with Crippen molar-refractivity contribution in [3.8, 4) is 39.4 Å². The minimum absolute atomic E-state index is 0.153. The molecule has 0 radical (unpaired) electrons. The molecule has 13 heteroatoms. The van der Waals surface area contributed by atoms with Gasteiger partial charge in [0.15, 0.2) is 0 Å². The molecule has 5 heterocycles. The van der Waals surface area contributed by atoms with Crippen molar-refractivity contribution in [3.05, 3.63) is 105 Å². The molecule has 2 N–H and O–H groups in total. The van der Waals surface area contributed by atoms with Crippen molar-refractivity contribution in [2.45, 2.75) is 38.8 Å². The number of likely N-dealkylation sites (tertiary alicyclic amines) is 2. The van der Waals surface area contributed by atoms with Gasteiger partial charge < -0.3 is 25.2 Å². The summed E-state index contributed by atoms with van der Waals surface area (Å²) in [6, 6.07) is 19.2. The monoisotopic (exact) mass is 753 g/mol. The molecular formula is C40H41Cl2N7O4. The van der Waals surface area contributed by atoms with E-state index in [9.17, 15) is 14.4 Å². The second kappa shape index (κ2) is 16.5. The predicted molar refractivity (Wildman–Crippen MR) is 207 cm³/mol. The van der Waals surface area contributed by atoms with E-state index < -0.39 is 0 Å². The number of carbonyl (C=O) groups excluding carboxylic acids is 2. The first-order valence-corrected chi connectivity index (χ1v) is 18.7. The first-order chi connectivity index (χ1) is 25.8. The molecule has 274 valence electrons. The van der Waals surface area contributed by atoms with Crippen LogP contribution in [0.1, 0.15) is 36.8 Å². The molecule has 11 nitrogen and oxygen atoms in total. The van der Waals surface area contributed by atoms with Crippen LogP contribution >= 0.6 is 23.2 Å². The van der Waals surface area contributed by atoms with Crippen LogP contribution < -0.4 is 20.9 Å². The van der Waals surface area contributed by atoms with Crippen LogP contribution in [-0.2, 0) is 22.7 Å². The highest BCUT2D eigenvalue weighted by atomic mass is 35.5. The molecule has 7 rings (SSSR count). The van der Waals surface area contributed by atoms with Crippen molar-refractivity contribution in [1.29, 1.82) is 0 Å². The smallest absolute Gasteiger partial charge is 0.262 e. The summed E-state index contributed by atoms with van der Waals surface area (Å²) in [5.41, 5.74) is 6.27. The second-order valence-electron chi connectivity index (χ2n) is 13.3. The Balaban J connectivity index is 1.07. The molecule has 0 spiro atoms. The fraction of sp³-hybridized carbons (Fsp3) is 0.325. The fourth-order valence-electron chi connectivity index (χ4n) is 6.99. The Labute approximate surface area is 317 Å². The predicted octanol–water partition coefficient (Wildman–Crippen LogP) is 5.83. The molecule has 3 aromatic heterocycles. The number of aromatic nitrogens is 3. The van der Waals surface area contributed by atoms with Gasteiger partial charge in [0.2, 0.25) is 17.7 Å². The highest BCUT2D eigenvalue weighted by Crippen LogP contribution is 2.42. The summed E-state index contributed by atoms with van der Waals surface area (Å²) >= 11 is 14.2. The van der Waals surface area contributed by atoms with E-state index in [0.717, 1.165) is 59.3 Å². The number of nitrogens with zero attached hydrogens (tertiary/aromatic N) is 5. The lowest BCUT2D eigenvalue weighted by atomic mass is 9.97. The summed E-state index contributed by atoms with van der Waals surface area (Å²) in [4.78, 5) is 50.2. The molecule has 2 aromatic carbocycles. The zero-order valence-electron chi connectivity index (χ0n) is 29.5. The van der Waals surface area contributed by atoms with Gasteiger partial charge in [-0.2, -0.15) is 0 Å². The van der Waals surface area contributed by atoms with Gasteiger partial charge in [-0.15, -0.1) is 0 Å². The molecule has 2 aliphatic heterocycles. The van der Waals surface area contributed by atoms with Gasteiger partial charge >= 0.3 is 0 Å². The van der Waals surface area contributed by atoms with Crippen LogP contribution in [0.25, 0.3) is 39.2 Å². The second-order valence-corrected chi connectivity index (χ2v) is 14.0. The molecule has 2 aliphatic rings. The normalized spacial score (nSPS) is 14.5. The van der Waals surface area contributed by atoms with Crippen LogP contribution in [-0.4, -0.2) is 82.4 Å². The number of rotatable bonds is 14. The SMILES string of the molecule is COc1nc(-c2cccc(-c3cccc(-c4ccn5c(=O)c(CNCCN6CCCC6=O)cnc5c4)c3Cl)c2Cl)ccc1CNCCN1CCCC1=O. The van der Waals surface area contributed by atoms with Crippen molar-refractivity contribution in [1.82, 2.24) is 34.8 Å². The lowest BCUT2D eigenvalue weighted by Gasteiger charge is -2.17. The van der Waals surface area contributed by atoms with Gasteiger partial charge in [-0.3, -0.25) is 18.8 Å². The van der Waals surface area contributed by atoms with Gasteiger partial charge in [0, 0.05) is 111 Å². The van der Waals surface area contributed by atoms with Crippen molar-refractivity contribution in [2.24, 2.45) is 0 Å². The first-order valence-electron chi connectivity index (χ1n) is 17.9. The summed E-state index contributed by atoms with van der Waals surface area (Å²) in [6.07, 6.45) is 6.40. The molecular weight excluding hydrogens is 713 g/mol. The number of methoxy groups -OCH3 is 1. The Morgan fingerprint density at radius 1 is 0.755 bits per heavy atom. The van der Waals surface area contributed by atoms with Gasteiger partial charge in [-0.25, -0.2) is 9.97 Å². The number of pyridine rings is 2. The summed E-state index contributed by atoms with van der Waals surface area (Å²) in [5.74, 6) is 0.900. The van der Waals surface area contributed by atoms with E-state index in [1.165, 1.54) is 4.40 Å².